The van der Waals surface area contributed by atoms with Crippen molar-refractivity contribution in [2.75, 3.05) is 18.3 Å². The Morgan fingerprint density at radius 1 is 1.26 bits per heavy atom. The summed E-state index contributed by atoms with van der Waals surface area (Å²) >= 11 is 1.14. The van der Waals surface area contributed by atoms with Crippen LogP contribution in [0.5, 0.6) is 0 Å². The van der Waals surface area contributed by atoms with Crippen LogP contribution in [0, 0.1) is 0 Å². The Morgan fingerprint density at radius 2 is 2.00 bits per heavy atom. The van der Waals surface area contributed by atoms with Crippen molar-refractivity contribution in [3.05, 3.63) is 35.3 Å². The molecule has 0 atom stereocenters. The Bertz CT molecular complexity index is 609. The molecular formula is C11H14N4O2S2. The van der Waals surface area contributed by atoms with E-state index in [1.165, 1.54) is 5.51 Å². The van der Waals surface area contributed by atoms with E-state index in [0.29, 0.717) is 0 Å². The van der Waals surface area contributed by atoms with Gasteiger partial charge in [-0.1, -0.05) is 23.5 Å². The lowest BCUT2D eigenvalue weighted by Crippen LogP contribution is -2.13. The molecule has 0 saturated carbocycles. The number of hydrogen-bond acceptors (Lipinski definition) is 6. The molecule has 0 aliphatic heterocycles. The number of hydrogen-bond donors (Lipinski definition) is 2. The number of nitrogens with zero attached hydrogens (tertiary/aromatic N) is 2. The highest BCUT2D eigenvalue weighted by Crippen LogP contribution is 2.17. The fraction of sp³-hybridized carbons (Fsp3) is 0.273. The van der Waals surface area contributed by atoms with E-state index in [9.17, 15) is 8.42 Å². The summed E-state index contributed by atoms with van der Waals surface area (Å²) in [4.78, 5) is 0.218. The van der Waals surface area contributed by atoms with Gasteiger partial charge in [0.1, 0.15) is 5.51 Å². The van der Waals surface area contributed by atoms with E-state index in [-0.39, 0.29) is 10.0 Å². The number of sulfonamides is 1. The molecule has 8 heteroatoms. The first-order chi connectivity index (χ1) is 9.12. The van der Waals surface area contributed by atoms with Crippen LogP contribution in [0.2, 0.25) is 0 Å². The third-order valence-corrected chi connectivity index (χ3v) is 4.57. The number of anilines is 1. The van der Waals surface area contributed by atoms with Crippen molar-refractivity contribution >= 4 is 26.5 Å². The second-order valence-corrected chi connectivity index (χ2v) is 6.36. The lowest BCUT2D eigenvalue weighted by Gasteiger charge is -2.06. The minimum Gasteiger partial charge on any atom is -0.319 e. The van der Waals surface area contributed by atoms with Crippen LogP contribution in [-0.2, 0) is 16.4 Å². The van der Waals surface area contributed by atoms with Gasteiger partial charge in [0, 0.05) is 0 Å². The summed E-state index contributed by atoms with van der Waals surface area (Å²) in [6.07, 6.45) is 0.862. The number of rotatable bonds is 6. The Labute approximate surface area is 115 Å². The quantitative estimate of drug-likeness (QED) is 0.834. The van der Waals surface area contributed by atoms with E-state index in [4.69, 9.17) is 0 Å². The van der Waals surface area contributed by atoms with Crippen molar-refractivity contribution in [2.24, 2.45) is 0 Å². The van der Waals surface area contributed by atoms with Crippen LogP contribution in [0.1, 0.15) is 5.56 Å². The average Bonchev–Trinajstić information content (AvgIpc) is 2.89. The van der Waals surface area contributed by atoms with E-state index in [1.807, 2.05) is 19.2 Å². The molecule has 2 rings (SSSR count). The first-order valence-electron chi connectivity index (χ1n) is 5.64. The summed E-state index contributed by atoms with van der Waals surface area (Å²) in [5.41, 5.74) is 2.56. The van der Waals surface area contributed by atoms with Gasteiger partial charge in [0.05, 0.1) is 4.90 Å². The molecular weight excluding hydrogens is 284 g/mol. The second-order valence-electron chi connectivity index (χ2n) is 3.85. The van der Waals surface area contributed by atoms with Gasteiger partial charge < -0.3 is 5.32 Å². The summed E-state index contributed by atoms with van der Waals surface area (Å²) in [7, 11) is -1.70. The van der Waals surface area contributed by atoms with E-state index in [0.717, 1.165) is 29.9 Å². The first-order valence-corrected chi connectivity index (χ1v) is 8.00. The second kappa shape index (κ2) is 6.09. The van der Waals surface area contributed by atoms with Gasteiger partial charge in [-0.25, -0.2) is 8.42 Å². The van der Waals surface area contributed by atoms with Crippen LogP contribution in [0.25, 0.3) is 0 Å². The molecule has 19 heavy (non-hydrogen) atoms. The number of benzene rings is 1. The Morgan fingerprint density at radius 3 is 2.58 bits per heavy atom. The normalized spacial score (nSPS) is 11.4. The molecule has 2 N–H and O–H groups in total. The van der Waals surface area contributed by atoms with Crippen molar-refractivity contribution < 1.29 is 8.42 Å². The van der Waals surface area contributed by atoms with Crippen LogP contribution in [-0.4, -0.2) is 32.2 Å². The van der Waals surface area contributed by atoms with Crippen molar-refractivity contribution in [2.45, 2.75) is 11.3 Å². The predicted octanol–water partition coefficient (Wildman–Crippen LogP) is 1.10. The SMILES string of the molecule is CNCCc1ccc(S(=O)(=O)Nc2nncs2)cc1. The molecule has 0 unspecified atom stereocenters. The van der Waals surface area contributed by atoms with Gasteiger partial charge in [0.2, 0.25) is 5.13 Å². The van der Waals surface area contributed by atoms with Crippen molar-refractivity contribution in [3.63, 3.8) is 0 Å². The lowest BCUT2D eigenvalue weighted by atomic mass is 10.1. The third kappa shape index (κ3) is 3.72. The smallest absolute Gasteiger partial charge is 0.263 e. The Kier molecular flexibility index (Phi) is 4.46. The van der Waals surface area contributed by atoms with Crippen molar-refractivity contribution in [1.29, 1.82) is 0 Å². The molecule has 0 amide bonds. The Hall–Kier alpha value is -1.51. The first kappa shape index (κ1) is 13.9. The monoisotopic (exact) mass is 298 g/mol. The third-order valence-electron chi connectivity index (χ3n) is 2.48. The predicted molar refractivity (Wildman–Crippen MR) is 74.8 cm³/mol. The van der Waals surface area contributed by atoms with Crippen LogP contribution >= 0.6 is 11.3 Å². The van der Waals surface area contributed by atoms with Crippen LogP contribution in [0.3, 0.4) is 0 Å². The van der Waals surface area contributed by atoms with Gasteiger partial charge >= 0.3 is 0 Å². The molecule has 6 nitrogen and oxygen atoms in total. The molecule has 1 heterocycles. The van der Waals surface area contributed by atoms with Gasteiger partial charge in [-0.2, -0.15) is 0 Å². The van der Waals surface area contributed by atoms with Crippen LogP contribution < -0.4 is 10.0 Å². The largest absolute Gasteiger partial charge is 0.319 e. The van der Waals surface area contributed by atoms with E-state index in [1.54, 1.807) is 12.1 Å². The molecule has 1 aromatic heterocycles. The lowest BCUT2D eigenvalue weighted by molar-refractivity contribution is 0.601. The molecule has 102 valence electrons. The molecule has 0 aliphatic carbocycles. The maximum absolute atomic E-state index is 12.0. The molecule has 0 bridgehead atoms. The molecule has 1 aromatic carbocycles. The zero-order valence-corrected chi connectivity index (χ0v) is 12.0. The van der Waals surface area contributed by atoms with Gasteiger partial charge in [-0.15, -0.1) is 10.2 Å². The molecule has 0 aliphatic rings. The molecule has 2 aromatic rings. The summed E-state index contributed by atoms with van der Waals surface area (Å²) in [5, 5.41) is 10.5. The van der Waals surface area contributed by atoms with Gasteiger partial charge in [0.25, 0.3) is 10.0 Å². The summed E-state index contributed by atoms with van der Waals surface area (Å²) in [6, 6.07) is 6.81. The van der Waals surface area contributed by atoms with Crippen molar-refractivity contribution in [3.8, 4) is 0 Å². The zero-order chi connectivity index (χ0) is 13.7. The van der Waals surface area contributed by atoms with E-state index >= 15 is 0 Å². The highest BCUT2D eigenvalue weighted by molar-refractivity contribution is 7.93. The van der Waals surface area contributed by atoms with Crippen molar-refractivity contribution in [1.82, 2.24) is 15.5 Å². The summed E-state index contributed by atoms with van der Waals surface area (Å²) < 4.78 is 26.5. The molecule has 0 saturated heterocycles. The maximum atomic E-state index is 12.0. The minimum absolute atomic E-state index is 0.218. The summed E-state index contributed by atoms with van der Waals surface area (Å²) in [5.74, 6) is 0. The molecule has 0 fully saturated rings. The fourth-order valence-corrected chi connectivity index (χ4v) is 3.19. The maximum Gasteiger partial charge on any atom is 0.263 e. The highest BCUT2D eigenvalue weighted by atomic mass is 32.2. The molecule has 0 spiro atoms. The standard InChI is InChI=1S/C11H14N4O2S2/c1-12-7-6-9-2-4-10(5-3-9)19(16,17)15-11-14-13-8-18-11/h2-5,8,12H,6-7H2,1H3,(H,14,15). The Balaban J connectivity index is 2.12. The highest BCUT2D eigenvalue weighted by Gasteiger charge is 2.15. The van der Waals surface area contributed by atoms with E-state index < -0.39 is 10.0 Å². The number of likely N-dealkylation sites (N-methyl/N-ethyl adjacent to an activating group) is 1. The average molecular weight is 298 g/mol. The molecule has 0 radical (unpaired) electrons. The number of aromatic nitrogens is 2. The fourth-order valence-electron chi connectivity index (χ4n) is 1.50. The van der Waals surface area contributed by atoms with Crippen LogP contribution in [0.4, 0.5) is 5.13 Å². The van der Waals surface area contributed by atoms with E-state index in [2.05, 4.69) is 20.2 Å². The van der Waals surface area contributed by atoms with Gasteiger partial charge in [0.15, 0.2) is 0 Å². The zero-order valence-electron chi connectivity index (χ0n) is 10.3. The van der Waals surface area contributed by atoms with Gasteiger partial charge in [-0.3, -0.25) is 4.72 Å². The summed E-state index contributed by atoms with van der Waals surface area (Å²) in [6.45, 7) is 0.856. The minimum atomic E-state index is -3.58. The van der Waals surface area contributed by atoms with Crippen LogP contribution in [0.15, 0.2) is 34.7 Å². The number of nitrogens with one attached hydrogen (secondary N) is 2. The van der Waals surface area contributed by atoms with Gasteiger partial charge in [-0.05, 0) is 37.7 Å². The topological polar surface area (TPSA) is 84.0 Å².